The lowest BCUT2D eigenvalue weighted by Crippen LogP contribution is -2.52. The standard InChI is InChI=1S/C17H21F3N4O4/c1-2-7-21-15(26)13-8-24(11-5-3-4-6-12(11)28-13)9-14(25)23-16(27)22-10-17(18,19)20/h3-6,13H,2,7-10H2,1H3,(H,21,26)(H2,22,23,25,27)/t13-/m1/s1. The van der Waals surface area contributed by atoms with Gasteiger partial charge in [-0.3, -0.25) is 14.9 Å². The number of para-hydroxylation sites is 2. The normalized spacial score (nSPS) is 15.9. The summed E-state index contributed by atoms with van der Waals surface area (Å²) in [5.74, 6) is -0.770. The molecule has 3 N–H and O–H groups in total. The molecule has 0 unspecified atom stereocenters. The molecule has 0 aliphatic carbocycles. The number of ether oxygens (including phenoxy) is 1. The molecule has 1 aliphatic heterocycles. The number of anilines is 1. The molecule has 0 radical (unpaired) electrons. The Labute approximate surface area is 159 Å². The number of urea groups is 1. The van der Waals surface area contributed by atoms with Crippen molar-refractivity contribution in [3.63, 3.8) is 0 Å². The van der Waals surface area contributed by atoms with Crippen molar-refractivity contribution in [2.75, 3.05) is 31.1 Å². The summed E-state index contributed by atoms with van der Waals surface area (Å²) in [5.41, 5.74) is 0.535. The number of imide groups is 1. The number of nitrogens with one attached hydrogen (secondary N) is 3. The van der Waals surface area contributed by atoms with Crippen molar-refractivity contribution in [2.24, 2.45) is 0 Å². The van der Waals surface area contributed by atoms with Gasteiger partial charge in [0.25, 0.3) is 5.91 Å². The van der Waals surface area contributed by atoms with E-state index in [2.05, 4.69) is 5.32 Å². The van der Waals surface area contributed by atoms with Gasteiger partial charge in [-0.05, 0) is 18.6 Å². The fraction of sp³-hybridized carbons (Fsp3) is 0.471. The molecule has 11 heteroatoms. The van der Waals surface area contributed by atoms with Crippen molar-refractivity contribution in [3.05, 3.63) is 24.3 Å². The van der Waals surface area contributed by atoms with E-state index in [1.807, 2.05) is 12.2 Å². The van der Waals surface area contributed by atoms with Crippen LogP contribution in [0.1, 0.15) is 13.3 Å². The summed E-state index contributed by atoms with van der Waals surface area (Å²) in [6.07, 6.45) is -4.70. The minimum atomic E-state index is -4.58. The lowest BCUT2D eigenvalue weighted by molar-refractivity contribution is -0.128. The number of carbonyl (C=O) groups excluding carboxylic acids is 3. The van der Waals surface area contributed by atoms with Crippen LogP contribution in [0.3, 0.4) is 0 Å². The first-order valence-corrected chi connectivity index (χ1v) is 8.62. The van der Waals surface area contributed by atoms with Gasteiger partial charge in [-0.25, -0.2) is 4.79 Å². The summed E-state index contributed by atoms with van der Waals surface area (Å²) >= 11 is 0. The van der Waals surface area contributed by atoms with E-state index in [4.69, 9.17) is 4.74 Å². The van der Waals surface area contributed by atoms with Gasteiger partial charge in [-0.1, -0.05) is 19.1 Å². The molecule has 4 amide bonds. The second kappa shape index (κ2) is 9.29. The van der Waals surface area contributed by atoms with Gasteiger partial charge in [-0.2, -0.15) is 13.2 Å². The molecule has 0 saturated carbocycles. The minimum Gasteiger partial charge on any atom is -0.477 e. The van der Waals surface area contributed by atoms with E-state index in [1.165, 1.54) is 4.90 Å². The zero-order valence-corrected chi connectivity index (χ0v) is 15.1. The Balaban J connectivity index is 2.01. The number of alkyl halides is 3. The number of rotatable bonds is 6. The van der Waals surface area contributed by atoms with Gasteiger partial charge in [0, 0.05) is 6.54 Å². The van der Waals surface area contributed by atoms with Gasteiger partial charge < -0.3 is 20.3 Å². The number of carbonyl (C=O) groups is 3. The largest absolute Gasteiger partial charge is 0.477 e. The molecule has 1 aromatic carbocycles. The Morgan fingerprint density at radius 2 is 1.93 bits per heavy atom. The van der Waals surface area contributed by atoms with Gasteiger partial charge in [0.2, 0.25) is 5.91 Å². The first-order chi connectivity index (χ1) is 13.2. The summed E-state index contributed by atoms with van der Waals surface area (Å²) in [4.78, 5) is 37.2. The Kier molecular flexibility index (Phi) is 7.07. The topological polar surface area (TPSA) is 99.8 Å². The Hall–Kier alpha value is -2.98. The van der Waals surface area contributed by atoms with Gasteiger partial charge in [0.05, 0.1) is 18.8 Å². The molecule has 154 valence electrons. The second-order valence-electron chi connectivity index (χ2n) is 6.09. The molecule has 0 bridgehead atoms. The first-order valence-electron chi connectivity index (χ1n) is 8.62. The lowest BCUT2D eigenvalue weighted by atomic mass is 10.1. The van der Waals surface area contributed by atoms with E-state index in [1.54, 1.807) is 29.6 Å². The van der Waals surface area contributed by atoms with Crippen LogP contribution in [0.4, 0.5) is 23.7 Å². The third-order valence-electron chi connectivity index (χ3n) is 3.74. The van der Waals surface area contributed by atoms with Crippen molar-refractivity contribution in [1.29, 1.82) is 0 Å². The lowest BCUT2D eigenvalue weighted by Gasteiger charge is -2.35. The molecule has 0 fully saturated rings. The molecule has 1 aliphatic rings. The van der Waals surface area contributed by atoms with Crippen LogP contribution in [0, 0.1) is 0 Å². The van der Waals surface area contributed by atoms with Crippen LogP contribution in [0.5, 0.6) is 5.75 Å². The average Bonchev–Trinajstić information content (AvgIpc) is 2.63. The van der Waals surface area contributed by atoms with E-state index in [0.717, 1.165) is 6.42 Å². The molecule has 28 heavy (non-hydrogen) atoms. The van der Waals surface area contributed by atoms with Crippen LogP contribution in [0.2, 0.25) is 0 Å². The summed E-state index contributed by atoms with van der Waals surface area (Å²) in [6.45, 7) is 0.533. The molecule has 8 nitrogen and oxygen atoms in total. The quantitative estimate of drug-likeness (QED) is 0.663. The molecule has 0 aromatic heterocycles. The van der Waals surface area contributed by atoms with Crippen molar-refractivity contribution < 1.29 is 32.3 Å². The Morgan fingerprint density at radius 3 is 2.61 bits per heavy atom. The molecule has 2 rings (SSSR count). The van der Waals surface area contributed by atoms with Crippen LogP contribution in [-0.2, 0) is 9.59 Å². The highest BCUT2D eigenvalue weighted by molar-refractivity contribution is 5.97. The summed E-state index contributed by atoms with van der Waals surface area (Å²) < 4.78 is 42.0. The summed E-state index contributed by atoms with van der Waals surface area (Å²) in [5, 5.41) is 6.10. The van der Waals surface area contributed by atoms with Crippen molar-refractivity contribution in [3.8, 4) is 5.75 Å². The number of hydrogen-bond acceptors (Lipinski definition) is 5. The smallest absolute Gasteiger partial charge is 0.405 e. The number of nitrogens with zero attached hydrogens (tertiary/aromatic N) is 1. The number of amides is 4. The molecule has 0 saturated heterocycles. The van der Waals surface area contributed by atoms with Crippen molar-refractivity contribution in [1.82, 2.24) is 16.0 Å². The second-order valence-corrected chi connectivity index (χ2v) is 6.09. The van der Waals surface area contributed by atoms with Gasteiger partial charge in [-0.15, -0.1) is 0 Å². The SMILES string of the molecule is CCCNC(=O)[C@H]1CN(CC(=O)NC(=O)NCC(F)(F)F)c2ccccc2O1. The highest BCUT2D eigenvalue weighted by Crippen LogP contribution is 2.32. The van der Waals surface area contributed by atoms with E-state index in [9.17, 15) is 27.6 Å². The van der Waals surface area contributed by atoms with Crippen LogP contribution in [0.15, 0.2) is 24.3 Å². The zero-order chi connectivity index (χ0) is 20.7. The van der Waals surface area contributed by atoms with Gasteiger partial charge in [0.15, 0.2) is 6.10 Å². The Bertz CT molecular complexity index is 727. The maximum absolute atomic E-state index is 12.2. The van der Waals surface area contributed by atoms with Crippen LogP contribution in [-0.4, -0.2) is 56.3 Å². The average molecular weight is 402 g/mol. The molecule has 1 aromatic rings. The molecule has 1 heterocycles. The molecule has 1 atom stereocenters. The fourth-order valence-electron chi connectivity index (χ4n) is 2.52. The number of fused-ring (bicyclic) bond motifs is 1. The highest BCUT2D eigenvalue weighted by Gasteiger charge is 2.32. The van der Waals surface area contributed by atoms with E-state index in [-0.39, 0.29) is 19.0 Å². The van der Waals surface area contributed by atoms with Gasteiger partial charge in [0.1, 0.15) is 12.3 Å². The number of hydrogen-bond donors (Lipinski definition) is 3. The van der Waals surface area contributed by atoms with Gasteiger partial charge >= 0.3 is 12.2 Å². The van der Waals surface area contributed by atoms with E-state index in [0.29, 0.717) is 18.0 Å². The maximum atomic E-state index is 12.2. The van der Waals surface area contributed by atoms with Crippen LogP contribution in [0.25, 0.3) is 0 Å². The highest BCUT2D eigenvalue weighted by atomic mass is 19.4. The predicted octanol–water partition coefficient (Wildman–Crippen LogP) is 1.17. The number of benzene rings is 1. The summed E-state index contributed by atoms with van der Waals surface area (Å²) in [6, 6.07) is 5.47. The van der Waals surface area contributed by atoms with Crippen molar-refractivity contribution in [2.45, 2.75) is 25.6 Å². The minimum absolute atomic E-state index is 0.0458. The third kappa shape index (κ3) is 6.32. The molecular formula is C17H21F3N4O4. The summed E-state index contributed by atoms with van der Waals surface area (Å²) in [7, 11) is 0. The number of halogens is 3. The van der Waals surface area contributed by atoms with E-state index >= 15 is 0 Å². The first kappa shape index (κ1) is 21.3. The van der Waals surface area contributed by atoms with E-state index < -0.39 is 30.8 Å². The van der Waals surface area contributed by atoms with Crippen molar-refractivity contribution >= 4 is 23.5 Å². The maximum Gasteiger partial charge on any atom is 0.405 e. The molecule has 0 spiro atoms. The van der Waals surface area contributed by atoms with Crippen LogP contribution >= 0.6 is 0 Å². The third-order valence-corrected chi connectivity index (χ3v) is 3.74. The monoisotopic (exact) mass is 402 g/mol. The fourth-order valence-corrected chi connectivity index (χ4v) is 2.52. The Morgan fingerprint density at radius 1 is 1.21 bits per heavy atom. The molecular weight excluding hydrogens is 381 g/mol. The van der Waals surface area contributed by atoms with Crippen LogP contribution < -0.4 is 25.6 Å². The predicted molar refractivity (Wildman–Crippen MR) is 94.0 cm³/mol. The zero-order valence-electron chi connectivity index (χ0n) is 15.1.